The Hall–Kier alpha value is -0.120. The van der Waals surface area contributed by atoms with Crippen molar-refractivity contribution in [1.29, 1.82) is 0 Å². The molecule has 0 amide bonds. The maximum absolute atomic E-state index is 3.87. The molecule has 2 heterocycles. The van der Waals surface area contributed by atoms with E-state index >= 15 is 0 Å². The van der Waals surface area contributed by atoms with Gasteiger partial charge in [-0.15, -0.1) is 0 Å². The van der Waals surface area contributed by atoms with Crippen molar-refractivity contribution in [2.75, 3.05) is 39.8 Å². The topological polar surface area (TPSA) is 18.5 Å². The Morgan fingerprint density at radius 1 is 1.00 bits per heavy atom. The van der Waals surface area contributed by atoms with Crippen LogP contribution in [0, 0.1) is 11.8 Å². The molecule has 0 aromatic heterocycles. The van der Waals surface area contributed by atoms with E-state index in [0.29, 0.717) is 6.04 Å². The van der Waals surface area contributed by atoms with Gasteiger partial charge in [-0.1, -0.05) is 13.8 Å². The van der Waals surface area contributed by atoms with Crippen LogP contribution in [0.1, 0.15) is 46.5 Å². The van der Waals surface area contributed by atoms with Crippen LogP contribution in [-0.2, 0) is 0 Å². The first-order valence-corrected chi connectivity index (χ1v) is 8.74. The molecule has 2 aliphatic rings. The Labute approximate surface area is 126 Å². The van der Waals surface area contributed by atoms with E-state index in [0.717, 1.165) is 17.9 Å². The molecule has 3 nitrogen and oxygen atoms in total. The minimum absolute atomic E-state index is 0.674. The number of hydrogen-bond acceptors (Lipinski definition) is 3. The number of nitrogens with zero attached hydrogens (tertiary/aromatic N) is 2. The Morgan fingerprint density at radius 3 is 2.15 bits per heavy atom. The molecule has 2 fully saturated rings. The summed E-state index contributed by atoms with van der Waals surface area (Å²) in [4.78, 5) is 5.17. The third-order valence-corrected chi connectivity index (χ3v) is 5.50. The zero-order valence-electron chi connectivity index (χ0n) is 14.1. The van der Waals surface area contributed by atoms with Gasteiger partial charge in [-0.25, -0.2) is 0 Å². The number of piperidine rings is 1. The van der Waals surface area contributed by atoms with E-state index in [-0.39, 0.29) is 0 Å². The summed E-state index contributed by atoms with van der Waals surface area (Å²) in [7, 11) is 2.25. The van der Waals surface area contributed by atoms with E-state index < -0.39 is 0 Å². The molecule has 2 unspecified atom stereocenters. The average Bonchev–Trinajstić information content (AvgIpc) is 2.93. The van der Waals surface area contributed by atoms with E-state index in [2.05, 4.69) is 42.9 Å². The first-order chi connectivity index (χ1) is 9.58. The number of nitrogens with one attached hydrogen (secondary N) is 1. The molecule has 2 saturated heterocycles. The second-order valence-electron chi connectivity index (χ2n) is 7.39. The predicted molar refractivity (Wildman–Crippen MR) is 87.1 cm³/mol. The van der Waals surface area contributed by atoms with Crippen LogP contribution in [-0.4, -0.2) is 61.7 Å². The summed E-state index contributed by atoms with van der Waals surface area (Å²) >= 11 is 0. The molecule has 0 radical (unpaired) electrons. The Bertz CT molecular complexity index is 265. The molecule has 0 saturated carbocycles. The zero-order chi connectivity index (χ0) is 14.5. The summed E-state index contributed by atoms with van der Waals surface area (Å²) in [5.74, 6) is 1.63. The van der Waals surface area contributed by atoms with Crippen molar-refractivity contribution in [3.63, 3.8) is 0 Å². The predicted octanol–water partition coefficient (Wildman–Crippen LogP) is 2.43. The van der Waals surface area contributed by atoms with E-state index in [9.17, 15) is 0 Å². The highest BCUT2D eigenvalue weighted by molar-refractivity contribution is 4.84. The molecule has 2 aliphatic heterocycles. The van der Waals surface area contributed by atoms with Crippen molar-refractivity contribution in [2.24, 2.45) is 11.8 Å². The number of rotatable bonds is 6. The molecule has 0 aromatic rings. The molecule has 0 aromatic carbocycles. The molecule has 2 atom stereocenters. The quantitative estimate of drug-likeness (QED) is 0.807. The van der Waals surface area contributed by atoms with E-state index in [1.165, 1.54) is 58.4 Å². The van der Waals surface area contributed by atoms with Gasteiger partial charge in [0.15, 0.2) is 0 Å². The van der Waals surface area contributed by atoms with Gasteiger partial charge in [0.2, 0.25) is 0 Å². The van der Waals surface area contributed by atoms with Crippen molar-refractivity contribution in [1.82, 2.24) is 15.1 Å². The summed E-state index contributed by atoms with van der Waals surface area (Å²) < 4.78 is 0. The summed E-state index contributed by atoms with van der Waals surface area (Å²) in [6, 6.07) is 1.40. The van der Waals surface area contributed by atoms with Gasteiger partial charge in [0, 0.05) is 18.6 Å². The zero-order valence-corrected chi connectivity index (χ0v) is 14.1. The van der Waals surface area contributed by atoms with Crippen LogP contribution in [0.3, 0.4) is 0 Å². The molecular weight excluding hydrogens is 246 g/mol. The van der Waals surface area contributed by atoms with Gasteiger partial charge in [0.1, 0.15) is 0 Å². The smallest absolute Gasteiger partial charge is 0.0243 e. The minimum atomic E-state index is 0.674. The maximum atomic E-state index is 3.87. The third-order valence-electron chi connectivity index (χ3n) is 5.50. The van der Waals surface area contributed by atoms with Gasteiger partial charge in [-0.2, -0.15) is 0 Å². The van der Waals surface area contributed by atoms with Crippen molar-refractivity contribution in [2.45, 2.75) is 58.5 Å². The Morgan fingerprint density at radius 2 is 1.60 bits per heavy atom. The normalized spacial score (nSPS) is 26.2. The summed E-state index contributed by atoms with van der Waals surface area (Å²) in [6.45, 7) is 13.5. The molecule has 0 spiro atoms. The minimum Gasteiger partial charge on any atom is -0.312 e. The highest BCUT2D eigenvalue weighted by Crippen LogP contribution is 2.21. The molecule has 2 rings (SSSR count). The molecule has 0 bridgehead atoms. The molecule has 1 N–H and O–H groups in total. The third kappa shape index (κ3) is 4.44. The fourth-order valence-corrected chi connectivity index (χ4v) is 3.86. The van der Waals surface area contributed by atoms with Gasteiger partial charge in [-0.3, -0.25) is 4.90 Å². The number of likely N-dealkylation sites (tertiary alicyclic amines) is 2. The lowest BCUT2D eigenvalue weighted by atomic mass is 9.90. The van der Waals surface area contributed by atoms with Crippen LogP contribution < -0.4 is 5.32 Å². The molecule has 0 aliphatic carbocycles. The van der Waals surface area contributed by atoms with Gasteiger partial charge in [-0.05, 0) is 77.7 Å². The van der Waals surface area contributed by atoms with Crippen molar-refractivity contribution in [3.8, 4) is 0 Å². The Kier molecular flexibility index (Phi) is 6.31. The molecule has 20 heavy (non-hydrogen) atoms. The van der Waals surface area contributed by atoms with Gasteiger partial charge >= 0.3 is 0 Å². The van der Waals surface area contributed by atoms with Crippen LogP contribution in [0.25, 0.3) is 0 Å². The average molecular weight is 281 g/mol. The monoisotopic (exact) mass is 281 g/mol. The first-order valence-electron chi connectivity index (χ1n) is 8.74. The van der Waals surface area contributed by atoms with Gasteiger partial charge in [0.25, 0.3) is 0 Å². The van der Waals surface area contributed by atoms with Crippen LogP contribution in [0.15, 0.2) is 0 Å². The van der Waals surface area contributed by atoms with Crippen molar-refractivity contribution >= 4 is 0 Å². The Balaban J connectivity index is 1.76. The molecule has 3 heteroatoms. The van der Waals surface area contributed by atoms with Crippen LogP contribution >= 0.6 is 0 Å². The van der Waals surface area contributed by atoms with Crippen LogP contribution in [0.4, 0.5) is 0 Å². The number of hydrogen-bond donors (Lipinski definition) is 1. The highest BCUT2D eigenvalue weighted by Gasteiger charge is 2.27. The highest BCUT2D eigenvalue weighted by atomic mass is 15.2. The fourth-order valence-electron chi connectivity index (χ4n) is 3.86. The molecule has 118 valence electrons. The largest absolute Gasteiger partial charge is 0.312 e. The lowest BCUT2D eigenvalue weighted by molar-refractivity contribution is 0.159. The lowest BCUT2D eigenvalue weighted by Crippen LogP contribution is -2.48. The standard InChI is InChI=1S/C17H35N3/c1-14(2)17(20-9-5-6-10-20)13-18-15(3)16-7-11-19(4)12-8-16/h14-18H,5-13H2,1-4H3. The van der Waals surface area contributed by atoms with Crippen LogP contribution in [0.5, 0.6) is 0 Å². The fraction of sp³-hybridized carbons (Fsp3) is 1.00. The second kappa shape index (κ2) is 7.77. The van der Waals surface area contributed by atoms with Gasteiger partial charge < -0.3 is 10.2 Å². The SMILES string of the molecule is CC(C)C(CNC(C)C1CCN(C)CC1)N1CCCC1. The summed E-state index contributed by atoms with van der Waals surface area (Å²) in [6.07, 6.45) is 5.52. The van der Waals surface area contributed by atoms with Crippen molar-refractivity contribution in [3.05, 3.63) is 0 Å². The van der Waals surface area contributed by atoms with E-state index in [4.69, 9.17) is 0 Å². The second-order valence-corrected chi connectivity index (χ2v) is 7.39. The van der Waals surface area contributed by atoms with E-state index in [1.54, 1.807) is 0 Å². The van der Waals surface area contributed by atoms with Gasteiger partial charge in [0.05, 0.1) is 0 Å². The lowest BCUT2D eigenvalue weighted by Gasteiger charge is -2.36. The van der Waals surface area contributed by atoms with Crippen molar-refractivity contribution < 1.29 is 0 Å². The summed E-state index contributed by atoms with van der Waals surface area (Å²) in [5.41, 5.74) is 0. The molecular formula is C17H35N3. The van der Waals surface area contributed by atoms with E-state index in [1.807, 2.05) is 0 Å². The van der Waals surface area contributed by atoms with Crippen LogP contribution in [0.2, 0.25) is 0 Å². The first kappa shape index (κ1) is 16.3. The summed E-state index contributed by atoms with van der Waals surface area (Å²) in [5, 5.41) is 3.87. The maximum Gasteiger partial charge on any atom is 0.0243 e.